The van der Waals surface area contributed by atoms with E-state index in [9.17, 15) is 19.5 Å². The molecular weight excluding hydrogens is 382 g/mol. The smallest absolute Gasteiger partial charge is 0.410 e. The third-order valence-corrected chi connectivity index (χ3v) is 6.85. The van der Waals surface area contributed by atoms with Crippen molar-refractivity contribution in [2.45, 2.75) is 31.2 Å². The van der Waals surface area contributed by atoms with Crippen LogP contribution in [0.2, 0.25) is 0 Å². The van der Waals surface area contributed by atoms with Crippen LogP contribution in [0.15, 0.2) is 48.5 Å². The van der Waals surface area contributed by atoms with Crippen molar-refractivity contribution in [1.29, 1.82) is 0 Å². The second kappa shape index (κ2) is 7.27. The highest BCUT2D eigenvalue weighted by molar-refractivity contribution is 5.84. The molecule has 1 heterocycles. The number of fused-ring (bicyclic) bond motifs is 4. The van der Waals surface area contributed by atoms with Gasteiger partial charge in [-0.15, -0.1) is 0 Å². The molecule has 2 fully saturated rings. The predicted octanol–water partition coefficient (Wildman–Crippen LogP) is 3.69. The van der Waals surface area contributed by atoms with Crippen LogP contribution >= 0.6 is 0 Å². The van der Waals surface area contributed by atoms with Crippen molar-refractivity contribution >= 4 is 17.8 Å². The van der Waals surface area contributed by atoms with Crippen molar-refractivity contribution in [3.05, 3.63) is 59.7 Å². The number of Topliss-reactive ketones (excluding diaryl/α,β-unsaturated/α-hetero) is 1. The molecule has 5 rings (SSSR count). The van der Waals surface area contributed by atoms with E-state index in [0.29, 0.717) is 19.3 Å². The Morgan fingerprint density at radius 3 is 2.30 bits per heavy atom. The summed E-state index contributed by atoms with van der Waals surface area (Å²) in [6, 6.07) is 15.2. The van der Waals surface area contributed by atoms with E-state index in [0.717, 1.165) is 22.3 Å². The predicted molar refractivity (Wildman–Crippen MR) is 109 cm³/mol. The van der Waals surface area contributed by atoms with Gasteiger partial charge in [0.1, 0.15) is 18.4 Å². The molecule has 0 radical (unpaired) electrons. The summed E-state index contributed by atoms with van der Waals surface area (Å²) in [5.41, 5.74) is 4.51. The average Bonchev–Trinajstić information content (AvgIpc) is 3.28. The van der Waals surface area contributed by atoms with Crippen LogP contribution in [0.1, 0.15) is 36.3 Å². The lowest BCUT2D eigenvalue weighted by atomic mass is 9.78. The van der Waals surface area contributed by atoms with Gasteiger partial charge in [-0.1, -0.05) is 48.5 Å². The van der Waals surface area contributed by atoms with Crippen LogP contribution in [-0.2, 0) is 14.3 Å². The van der Waals surface area contributed by atoms with Gasteiger partial charge in [-0.05, 0) is 40.5 Å². The van der Waals surface area contributed by atoms with E-state index in [-0.39, 0.29) is 36.7 Å². The van der Waals surface area contributed by atoms with Crippen LogP contribution in [-0.4, -0.2) is 47.0 Å². The Bertz CT molecular complexity index is 986. The molecule has 30 heavy (non-hydrogen) atoms. The maximum atomic E-state index is 12.9. The summed E-state index contributed by atoms with van der Waals surface area (Å²) in [7, 11) is 0. The molecule has 1 saturated heterocycles. The molecule has 2 aliphatic carbocycles. The number of likely N-dealkylation sites (tertiary alicyclic amines) is 1. The molecule has 0 spiro atoms. The topological polar surface area (TPSA) is 83.9 Å². The average molecular weight is 405 g/mol. The number of ketones is 1. The molecule has 2 aromatic rings. The number of hydrogen-bond acceptors (Lipinski definition) is 4. The zero-order valence-corrected chi connectivity index (χ0v) is 16.5. The summed E-state index contributed by atoms with van der Waals surface area (Å²) in [6.45, 7) is 0.425. The van der Waals surface area contributed by atoms with Gasteiger partial charge in [0.05, 0.1) is 0 Å². The van der Waals surface area contributed by atoms with E-state index in [1.165, 1.54) is 4.90 Å². The van der Waals surface area contributed by atoms with Crippen molar-refractivity contribution in [2.75, 3.05) is 13.2 Å². The Hall–Kier alpha value is -3.15. The second-order valence-corrected chi connectivity index (χ2v) is 8.44. The highest BCUT2D eigenvalue weighted by Gasteiger charge is 2.50. The highest BCUT2D eigenvalue weighted by atomic mass is 16.6. The number of nitrogens with zero attached hydrogens (tertiary/aromatic N) is 1. The van der Waals surface area contributed by atoms with Crippen LogP contribution in [0, 0.1) is 11.8 Å². The maximum Gasteiger partial charge on any atom is 0.410 e. The third kappa shape index (κ3) is 2.98. The lowest BCUT2D eigenvalue weighted by Crippen LogP contribution is -2.44. The SMILES string of the molecule is O=C1CC[C@@H]2[C@@H](C1)CN(C(=O)OCC1c3ccccc3-c3ccccc31)[C@@H]2C(=O)O. The van der Waals surface area contributed by atoms with E-state index in [2.05, 4.69) is 12.1 Å². The summed E-state index contributed by atoms with van der Waals surface area (Å²) in [4.78, 5) is 38.0. The number of ether oxygens (including phenoxy) is 1. The molecule has 154 valence electrons. The Labute approximate surface area is 174 Å². The number of carbonyl (C=O) groups excluding carboxylic acids is 2. The van der Waals surface area contributed by atoms with Gasteiger partial charge in [0.25, 0.3) is 0 Å². The van der Waals surface area contributed by atoms with Crippen molar-refractivity contribution in [3.8, 4) is 11.1 Å². The number of carbonyl (C=O) groups is 3. The van der Waals surface area contributed by atoms with Crippen molar-refractivity contribution < 1.29 is 24.2 Å². The van der Waals surface area contributed by atoms with Gasteiger partial charge in [-0.3, -0.25) is 9.69 Å². The zero-order valence-electron chi connectivity index (χ0n) is 16.5. The van der Waals surface area contributed by atoms with Crippen LogP contribution in [0.5, 0.6) is 0 Å². The minimum absolute atomic E-state index is 0.0731. The number of hydrogen-bond donors (Lipinski definition) is 1. The largest absolute Gasteiger partial charge is 0.480 e. The minimum Gasteiger partial charge on any atom is -0.480 e. The number of rotatable bonds is 3. The summed E-state index contributed by atoms with van der Waals surface area (Å²) in [5.74, 6) is -1.22. The fourth-order valence-corrected chi connectivity index (χ4v) is 5.50. The van der Waals surface area contributed by atoms with E-state index >= 15 is 0 Å². The lowest BCUT2D eigenvalue weighted by molar-refractivity contribution is -0.143. The van der Waals surface area contributed by atoms with Crippen molar-refractivity contribution in [2.24, 2.45) is 11.8 Å². The number of carboxylic acid groups (broad SMARTS) is 1. The number of amides is 1. The first kappa shape index (κ1) is 18.9. The molecule has 1 amide bonds. The molecule has 0 unspecified atom stereocenters. The van der Waals surface area contributed by atoms with Gasteiger partial charge in [0, 0.05) is 25.3 Å². The third-order valence-electron chi connectivity index (χ3n) is 6.85. The normalized spacial score (nSPS) is 24.9. The standard InChI is InChI=1S/C24H23NO5/c26-15-9-10-16-14(11-15)12-25(22(16)23(27)28)24(29)30-13-21-19-7-3-1-5-17(19)18-6-2-4-8-20(18)21/h1-8,14,16,21-22H,9-13H2,(H,27,28)/t14-,16+,22-/m0/s1. The number of carboxylic acids is 1. The number of benzene rings is 2. The fourth-order valence-electron chi connectivity index (χ4n) is 5.50. The van der Waals surface area contributed by atoms with Gasteiger partial charge >= 0.3 is 12.1 Å². The molecule has 1 N–H and O–H groups in total. The summed E-state index contributed by atoms with van der Waals surface area (Å²) in [5, 5.41) is 9.74. The molecule has 0 bridgehead atoms. The fraction of sp³-hybridized carbons (Fsp3) is 0.375. The first-order chi connectivity index (χ1) is 14.5. The van der Waals surface area contributed by atoms with Crippen LogP contribution in [0.3, 0.4) is 0 Å². The van der Waals surface area contributed by atoms with Gasteiger partial charge < -0.3 is 9.84 Å². The Morgan fingerprint density at radius 1 is 1.03 bits per heavy atom. The molecule has 2 aromatic carbocycles. The van der Waals surface area contributed by atoms with Crippen molar-refractivity contribution in [3.63, 3.8) is 0 Å². The van der Waals surface area contributed by atoms with Gasteiger partial charge in [-0.25, -0.2) is 9.59 Å². The molecule has 3 atom stereocenters. The molecule has 6 heteroatoms. The second-order valence-electron chi connectivity index (χ2n) is 8.44. The minimum atomic E-state index is -1.02. The maximum absolute atomic E-state index is 12.9. The van der Waals surface area contributed by atoms with Crippen LogP contribution in [0.25, 0.3) is 11.1 Å². The Kier molecular flexibility index (Phi) is 4.57. The first-order valence-corrected chi connectivity index (χ1v) is 10.4. The molecule has 1 saturated carbocycles. The van der Waals surface area contributed by atoms with Gasteiger partial charge in [-0.2, -0.15) is 0 Å². The molecule has 3 aliphatic rings. The highest BCUT2D eigenvalue weighted by Crippen LogP contribution is 2.45. The summed E-state index contributed by atoms with van der Waals surface area (Å²) < 4.78 is 5.68. The zero-order chi connectivity index (χ0) is 20.8. The van der Waals surface area contributed by atoms with Gasteiger partial charge in [0.15, 0.2) is 0 Å². The number of aliphatic carboxylic acids is 1. The monoisotopic (exact) mass is 405 g/mol. The van der Waals surface area contributed by atoms with Gasteiger partial charge in [0.2, 0.25) is 0 Å². The molecule has 0 aromatic heterocycles. The Balaban J connectivity index is 1.35. The summed E-state index contributed by atoms with van der Waals surface area (Å²) in [6.07, 6.45) is 0.657. The molecular formula is C24H23NO5. The van der Waals surface area contributed by atoms with E-state index in [1.807, 2.05) is 36.4 Å². The van der Waals surface area contributed by atoms with E-state index in [1.54, 1.807) is 0 Å². The Morgan fingerprint density at radius 2 is 1.67 bits per heavy atom. The quantitative estimate of drug-likeness (QED) is 0.842. The summed E-state index contributed by atoms with van der Waals surface area (Å²) >= 11 is 0. The van der Waals surface area contributed by atoms with E-state index in [4.69, 9.17) is 4.74 Å². The van der Waals surface area contributed by atoms with Crippen LogP contribution in [0.4, 0.5) is 4.79 Å². The van der Waals surface area contributed by atoms with Crippen LogP contribution < -0.4 is 0 Å². The van der Waals surface area contributed by atoms with E-state index < -0.39 is 18.1 Å². The molecule has 1 aliphatic heterocycles. The lowest BCUT2D eigenvalue weighted by Gasteiger charge is -2.26. The first-order valence-electron chi connectivity index (χ1n) is 10.4. The van der Waals surface area contributed by atoms with Crippen molar-refractivity contribution in [1.82, 2.24) is 4.90 Å². The molecule has 6 nitrogen and oxygen atoms in total.